The molecule has 2 fully saturated rings. The van der Waals surface area contributed by atoms with Crippen LogP contribution in [0.5, 0.6) is 0 Å². The van der Waals surface area contributed by atoms with Gasteiger partial charge in [-0.25, -0.2) is 0 Å². The van der Waals surface area contributed by atoms with Crippen molar-refractivity contribution in [2.75, 3.05) is 13.1 Å². The molecule has 1 saturated carbocycles. The van der Waals surface area contributed by atoms with Crippen molar-refractivity contribution in [1.82, 2.24) is 15.1 Å². The highest BCUT2D eigenvalue weighted by Gasteiger charge is 2.33. The minimum atomic E-state index is -0.373. The standard InChI is InChI=1S/C20H25N3O3/c1-13-11-23(12-18(25-13)19-22-21-14(2)26-19)20(24)17-9-7-16(8-10-17)15-5-3-4-6-15/h7-10,13,15,18H,3-6,11-12H2,1-2H3/t13-,18-/m1/s1. The molecular formula is C20H25N3O3. The first-order valence-corrected chi connectivity index (χ1v) is 9.45. The number of hydrogen-bond acceptors (Lipinski definition) is 5. The van der Waals surface area contributed by atoms with Gasteiger partial charge in [0.05, 0.1) is 12.6 Å². The SMILES string of the molecule is Cc1nnc([C@H]2CN(C(=O)c3ccc(C4CCCC4)cc3)C[C@@H](C)O2)o1. The van der Waals surface area contributed by atoms with Crippen LogP contribution >= 0.6 is 0 Å². The van der Waals surface area contributed by atoms with Gasteiger partial charge in [0.1, 0.15) is 0 Å². The molecule has 4 rings (SSSR count). The fraction of sp³-hybridized carbons (Fsp3) is 0.550. The Bertz CT molecular complexity index is 765. The van der Waals surface area contributed by atoms with E-state index in [2.05, 4.69) is 22.3 Å². The summed E-state index contributed by atoms with van der Waals surface area (Å²) in [7, 11) is 0. The van der Waals surface area contributed by atoms with Crippen LogP contribution in [0.3, 0.4) is 0 Å². The molecule has 6 nitrogen and oxygen atoms in total. The van der Waals surface area contributed by atoms with E-state index in [0.29, 0.717) is 30.8 Å². The molecule has 2 aliphatic rings. The predicted molar refractivity (Wildman–Crippen MR) is 95.9 cm³/mol. The van der Waals surface area contributed by atoms with Gasteiger partial charge in [0.2, 0.25) is 11.8 Å². The van der Waals surface area contributed by atoms with E-state index in [4.69, 9.17) is 9.15 Å². The van der Waals surface area contributed by atoms with Crippen LogP contribution in [-0.4, -0.2) is 40.2 Å². The van der Waals surface area contributed by atoms with Crippen molar-refractivity contribution in [3.63, 3.8) is 0 Å². The average molecular weight is 355 g/mol. The van der Waals surface area contributed by atoms with Gasteiger partial charge in [-0.05, 0) is 43.4 Å². The number of rotatable bonds is 3. The molecular weight excluding hydrogens is 330 g/mol. The predicted octanol–water partition coefficient (Wildman–Crippen LogP) is 3.64. The summed E-state index contributed by atoms with van der Waals surface area (Å²) >= 11 is 0. The highest BCUT2D eigenvalue weighted by molar-refractivity contribution is 5.94. The van der Waals surface area contributed by atoms with Crippen molar-refractivity contribution in [2.24, 2.45) is 0 Å². The lowest BCUT2D eigenvalue weighted by Crippen LogP contribution is -2.46. The van der Waals surface area contributed by atoms with Crippen LogP contribution in [0.25, 0.3) is 0 Å². The Morgan fingerprint density at radius 1 is 1.12 bits per heavy atom. The molecule has 0 radical (unpaired) electrons. The zero-order chi connectivity index (χ0) is 18.1. The maximum Gasteiger partial charge on any atom is 0.254 e. The number of aromatic nitrogens is 2. The molecule has 6 heteroatoms. The molecule has 1 aromatic carbocycles. The third kappa shape index (κ3) is 3.51. The quantitative estimate of drug-likeness (QED) is 0.841. The van der Waals surface area contributed by atoms with Gasteiger partial charge >= 0.3 is 0 Å². The number of carbonyl (C=O) groups excluding carboxylic acids is 1. The molecule has 2 atom stereocenters. The van der Waals surface area contributed by atoms with Crippen molar-refractivity contribution in [2.45, 2.75) is 57.7 Å². The molecule has 2 heterocycles. The summed E-state index contributed by atoms with van der Waals surface area (Å²) in [6.07, 6.45) is 4.70. The number of nitrogens with zero attached hydrogens (tertiary/aromatic N) is 3. The molecule has 1 aliphatic carbocycles. The van der Waals surface area contributed by atoms with E-state index in [1.165, 1.54) is 31.2 Å². The zero-order valence-electron chi connectivity index (χ0n) is 15.4. The molecule has 26 heavy (non-hydrogen) atoms. The Balaban J connectivity index is 1.47. The molecule has 1 saturated heterocycles. The van der Waals surface area contributed by atoms with Crippen molar-refractivity contribution in [3.05, 3.63) is 47.2 Å². The van der Waals surface area contributed by atoms with Crippen LogP contribution in [0.4, 0.5) is 0 Å². The van der Waals surface area contributed by atoms with Crippen LogP contribution in [0.2, 0.25) is 0 Å². The van der Waals surface area contributed by atoms with Gasteiger partial charge in [0.25, 0.3) is 5.91 Å². The molecule has 1 amide bonds. The number of morpholine rings is 1. The van der Waals surface area contributed by atoms with E-state index in [9.17, 15) is 4.79 Å². The largest absolute Gasteiger partial charge is 0.423 e. The highest BCUT2D eigenvalue weighted by Crippen LogP contribution is 2.34. The Kier molecular flexibility index (Phi) is 4.76. The fourth-order valence-electron chi connectivity index (χ4n) is 4.04. The van der Waals surface area contributed by atoms with Gasteiger partial charge in [-0.3, -0.25) is 4.79 Å². The van der Waals surface area contributed by atoms with Crippen LogP contribution in [-0.2, 0) is 4.74 Å². The van der Waals surface area contributed by atoms with Gasteiger partial charge in [-0.1, -0.05) is 25.0 Å². The van der Waals surface area contributed by atoms with Crippen LogP contribution in [0, 0.1) is 6.92 Å². The Hall–Kier alpha value is -2.21. The van der Waals surface area contributed by atoms with E-state index in [1.54, 1.807) is 6.92 Å². The molecule has 138 valence electrons. The number of carbonyl (C=O) groups is 1. The molecule has 0 spiro atoms. The number of ether oxygens (including phenoxy) is 1. The van der Waals surface area contributed by atoms with Gasteiger partial charge in [-0.2, -0.15) is 0 Å². The molecule has 1 aromatic heterocycles. The summed E-state index contributed by atoms with van der Waals surface area (Å²) in [4.78, 5) is 14.8. The first-order valence-electron chi connectivity index (χ1n) is 9.45. The number of benzene rings is 1. The van der Waals surface area contributed by atoms with Gasteiger partial charge in [-0.15, -0.1) is 10.2 Å². The Labute approximate surface area is 153 Å². The van der Waals surface area contributed by atoms with E-state index >= 15 is 0 Å². The minimum absolute atomic E-state index is 0.0272. The summed E-state index contributed by atoms with van der Waals surface area (Å²) in [6, 6.07) is 8.15. The van der Waals surface area contributed by atoms with E-state index in [0.717, 1.165) is 5.56 Å². The van der Waals surface area contributed by atoms with Gasteiger partial charge in [0, 0.05) is 19.0 Å². The molecule has 1 aliphatic heterocycles. The summed E-state index contributed by atoms with van der Waals surface area (Å²) in [5.74, 6) is 1.62. The summed E-state index contributed by atoms with van der Waals surface area (Å²) in [5.41, 5.74) is 2.08. The lowest BCUT2D eigenvalue weighted by molar-refractivity contribution is -0.0796. The van der Waals surface area contributed by atoms with Crippen molar-refractivity contribution in [1.29, 1.82) is 0 Å². The second-order valence-electron chi connectivity index (χ2n) is 7.41. The maximum absolute atomic E-state index is 13.0. The first kappa shape index (κ1) is 17.2. The Morgan fingerprint density at radius 2 is 1.85 bits per heavy atom. The van der Waals surface area contributed by atoms with E-state index < -0.39 is 0 Å². The average Bonchev–Trinajstić information content (AvgIpc) is 3.32. The van der Waals surface area contributed by atoms with Crippen molar-refractivity contribution >= 4 is 5.91 Å². The Morgan fingerprint density at radius 3 is 2.50 bits per heavy atom. The van der Waals surface area contributed by atoms with Gasteiger partial charge < -0.3 is 14.1 Å². The third-order valence-corrected chi connectivity index (χ3v) is 5.35. The zero-order valence-corrected chi connectivity index (χ0v) is 15.4. The first-order chi connectivity index (χ1) is 12.6. The number of amides is 1. The second-order valence-corrected chi connectivity index (χ2v) is 7.41. The monoisotopic (exact) mass is 355 g/mol. The lowest BCUT2D eigenvalue weighted by Gasteiger charge is -2.35. The smallest absolute Gasteiger partial charge is 0.254 e. The number of aryl methyl sites for hydroxylation is 1. The molecule has 2 aromatic rings. The summed E-state index contributed by atoms with van der Waals surface area (Å²) < 4.78 is 11.4. The second kappa shape index (κ2) is 7.19. The van der Waals surface area contributed by atoms with Crippen LogP contribution < -0.4 is 0 Å². The number of hydrogen-bond donors (Lipinski definition) is 0. The van der Waals surface area contributed by atoms with Gasteiger partial charge in [0.15, 0.2) is 6.10 Å². The highest BCUT2D eigenvalue weighted by atomic mass is 16.5. The summed E-state index contributed by atoms with van der Waals surface area (Å²) in [6.45, 7) is 4.69. The van der Waals surface area contributed by atoms with Crippen LogP contribution in [0.1, 0.15) is 72.3 Å². The lowest BCUT2D eigenvalue weighted by atomic mass is 9.96. The summed E-state index contributed by atoms with van der Waals surface area (Å²) in [5, 5.41) is 7.91. The maximum atomic E-state index is 13.0. The van der Waals surface area contributed by atoms with Crippen LogP contribution in [0.15, 0.2) is 28.7 Å². The topological polar surface area (TPSA) is 68.5 Å². The molecule has 0 bridgehead atoms. The van der Waals surface area contributed by atoms with E-state index in [-0.39, 0.29) is 18.1 Å². The fourth-order valence-corrected chi connectivity index (χ4v) is 4.04. The normalized spacial score (nSPS) is 24.2. The van der Waals surface area contributed by atoms with E-state index in [1.807, 2.05) is 24.0 Å². The van der Waals surface area contributed by atoms with Crippen molar-refractivity contribution < 1.29 is 13.9 Å². The minimum Gasteiger partial charge on any atom is -0.423 e. The third-order valence-electron chi connectivity index (χ3n) is 5.35. The molecule has 0 unspecified atom stereocenters. The van der Waals surface area contributed by atoms with Crippen molar-refractivity contribution in [3.8, 4) is 0 Å². The molecule has 0 N–H and O–H groups in total.